The summed E-state index contributed by atoms with van der Waals surface area (Å²) in [6.45, 7) is 3.22. The molecule has 0 aromatic carbocycles. The lowest BCUT2D eigenvalue weighted by Gasteiger charge is -2.33. The van der Waals surface area contributed by atoms with E-state index in [0.717, 1.165) is 0 Å². The highest BCUT2D eigenvalue weighted by Gasteiger charge is 2.58. The van der Waals surface area contributed by atoms with Crippen LogP contribution in [0.25, 0.3) is 0 Å². The second-order valence-electron chi connectivity index (χ2n) is 5.59. The van der Waals surface area contributed by atoms with Crippen LogP contribution in [0.3, 0.4) is 0 Å². The molecule has 2 N–H and O–H groups in total. The van der Waals surface area contributed by atoms with E-state index < -0.39 is 33.7 Å². The molecule has 1 aliphatic heterocycles. The predicted octanol–water partition coefficient (Wildman–Crippen LogP) is -0.161. The number of rotatable bonds is 6. The highest BCUT2D eigenvalue weighted by Crippen LogP contribution is 2.30. The molecule has 1 rings (SSSR count). The molecule has 0 radical (unpaired) electrons. The van der Waals surface area contributed by atoms with Gasteiger partial charge in [0.25, 0.3) is 0 Å². The topological polar surface area (TPSA) is 116 Å². The molecule has 1 unspecified atom stereocenters. The Balaban J connectivity index is 3.31. The number of hydrogen-bond donors (Lipinski definition) is 1. The third kappa shape index (κ3) is 4.79. The van der Waals surface area contributed by atoms with Crippen LogP contribution in [-0.2, 0) is 28.9 Å². The second-order valence-corrected chi connectivity index (χ2v) is 7.44. The van der Waals surface area contributed by atoms with Gasteiger partial charge < -0.3 is 9.31 Å². The quantitative estimate of drug-likeness (QED) is 0.525. The Labute approximate surface area is 137 Å². The van der Waals surface area contributed by atoms with E-state index >= 15 is 0 Å². The van der Waals surface area contributed by atoms with Gasteiger partial charge in [-0.15, -0.1) is 0 Å². The van der Waals surface area contributed by atoms with Gasteiger partial charge in [-0.05, 0) is 20.4 Å². The van der Waals surface area contributed by atoms with Crippen molar-refractivity contribution in [1.29, 1.82) is 0 Å². The molecule has 0 aromatic heterocycles. The first-order valence-corrected chi connectivity index (χ1v) is 8.94. The van der Waals surface area contributed by atoms with Gasteiger partial charge in [0.2, 0.25) is 10.0 Å². The Morgan fingerprint density at radius 1 is 1.30 bits per heavy atom. The van der Waals surface area contributed by atoms with Gasteiger partial charge in [-0.1, -0.05) is 31.9 Å². The zero-order chi connectivity index (χ0) is 17.7. The summed E-state index contributed by atoms with van der Waals surface area (Å²) in [6, 6.07) is 0. The van der Waals surface area contributed by atoms with Crippen LogP contribution in [0.5, 0.6) is 0 Å². The lowest BCUT2D eigenvalue weighted by Crippen LogP contribution is -2.60. The number of carbonyl (C=O) groups excluding carboxylic acids is 2. The molecule has 10 heteroatoms. The maximum atomic E-state index is 12.3. The summed E-state index contributed by atoms with van der Waals surface area (Å²) in [6.07, 6.45) is 4.10. The van der Waals surface area contributed by atoms with Crippen molar-refractivity contribution in [2.45, 2.75) is 37.8 Å². The van der Waals surface area contributed by atoms with Crippen molar-refractivity contribution < 1.29 is 27.3 Å². The minimum atomic E-state index is -4.20. The maximum absolute atomic E-state index is 12.3. The van der Waals surface area contributed by atoms with Crippen LogP contribution < -0.4 is 5.14 Å². The fourth-order valence-electron chi connectivity index (χ4n) is 2.42. The minimum absolute atomic E-state index is 0.0771. The fourth-order valence-corrected chi connectivity index (χ4v) is 3.54. The Kier molecular flexibility index (Phi) is 6.78. The zero-order valence-electron chi connectivity index (χ0n) is 13.6. The molecular formula is C13H23BN2O6S. The van der Waals surface area contributed by atoms with Gasteiger partial charge in [-0.3, -0.25) is 14.5 Å². The standard InChI is InChI=1S/C13H23BN2O6S/c1-4-6-8-13(7-5-2,23(15,19)20)14-21-11(17)9-16(3)10-12(18)22-14/h5,7H,4,6,8-10H2,1-3H3,(H2,15,19,20). The summed E-state index contributed by atoms with van der Waals surface area (Å²) < 4.78 is 33.0. The molecule has 23 heavy (non-hydrogen) atoms. The first kappa shape index (κ1) is 19.7. The van der Waals surface area contributed by atoms with E-state index in [1.807, 2.05) is 6.92 Å². The number of likely N-dealkylation sites (N-methyl/N-ethyl adjacent to an activating group) is 1. The predicted molar refractivity (Wildman–Crippen MR) is 85.6 cm³/mol. The molecule has 1 atom stereocenters. The van der Waals surface area contributed by atoms with Crippen molar-refractivity contribution in [1.82, 2.24) is 4.90 Å². The van der Waals surface area contributed by atoms with Crippen molar-refractivity contribution in [3.8, 4) is 0 Å². The molecule has 1 saturated heterocycles. The van der Waals surface area contributed by atoms with Crippen molar-refractivity contribution in [2.24, 2.45) is 5.14 Å². The molecule has 1 fully saturated rings. The van der Waals surface area contributed by atoms with Gasteiger partial charge in [-0.2, -0.15) is 0 Å². The Morgan fingerprint density at radius 3 is 2.22 bits per heavy atom. The molecule has 0 saturated carbocycles. The number of nitrogens with two attached hydrogens (primary N) is 1. The van der Waals surface area contributed by atoms with Gasteiger partial charge >= 0.3 is 19.1 Å². The Hall–Kier alpha value is -1.39. The van der Waals surface area contributed by atoms with E-state index in [2.05, 4.69) is 0 Å². The highest BCUT2D eigenvalue weighted by atomic mass is 32.2. The number of sulfonamides is 1. The lowest BCUT2D eigenvalue weighted by molar-refractivity contribution is -0.146. The summed E-state index contributed by atoms with van der Waals surface area (Å²) in [5.74, 6) is -1.36. The number of unbranched alkanes of at least 4 members (excludes halogenated alkanes) is 1. The Morgan fingerprint density at radius 2 is 1.83 bits per heavy atom. The fraction of sp³-hybridized carbons (Fsp3) is 0.692. The number of carbonyl (C=O) groups is 2. The third-order valence-corrected chi connectivity index (χ3v) is 5.17. The summed E-state index contributed by atoms with van der Waals surface area (Å²) in [7, 11) is -4.25. The lowest BCUT2D eigenvalue weighted by atomic mass is 9.67. The van der Waals surface area contributed by atoms with Crippen LogP contribution in [0, 0.1) is 0 Å². The number of hydrogen-bond acceptors (Lipinski definition) is 7. The van der Waals surface area contributed by atoms with Gasteiger partial charge in [0, 0.05) is 0 Å². The van der Waals surface area contributed by atoms with E-state index in [-0.39, 0.29) is 19.5 Å². The molecule has 0 amide bonds. The molecular weight excluding hydrogens is 323 g/mol. The van der Waals surface area contributed by atoms with E-state index in [1.54, 1.807) is 14.0 Å². The largest absolute Gasteiger partial charge is 0.626 e. The third-order valence-electron chi connectivity index (χ3n) is 3.57. The first-order chi connectivity index (χ1) is 10.7. The van der Waals surface area contributed by atoms with Crippen molar-refractivity contribution in [3.05, 3.63) is 12.2 Å². The van der Waals surface area contributed by atoms with Crippen LogP contribution in [0.1, 0.15) is 33.1 Å². The summed E-state index contributed by atoms with van der Waals surface area (Å²) in [4.78, 5) is 25.2. The summed E-state index contributed by atoms with van der Waals surface area (Å²) >= 11 is 0. The van der Waals surface area contributed by atoms with Crippen LogP contribution in [0.2, 0.25) is 0 Å². The second kappa shape index (κ2) is 7.94. The van der Waals surface area contributed by atoms with Crippen molar-refractivity contribution in [2.75, 3.05) is 20.1 Å². The molecule has 1 aliphatic rings. The number of primary sulfonamides is 1. The normalized spacial score (nSPS) is 20.6. The molecule has 8 nitrogen and oxygen atoms in total. The summed E-state index contributed by atoms with van der Waals surface area (Å²) in [5.41, 5.74) is 0. The van der Waals surface area contributed by atoms with Gasteiger partial charge in [0.1, 0.15) is 0 Å². The Bertz CT molecular complexity index is 559. The average molecular weight is 346 g/mol. The first-order valence-electron chi connectivity index (χ1n) is 7.40. The van der Waals surface area contributed by atoms with E-state index in [4.69, 9.17) is 14.4 Å². The van der Waals surface area contributed by atoms with Crippen molar-refractivity contribution >= 4 is 29.1 Å². The van der Waals surface area contributed by atoms with E-state index in [1.165, 1.54) is 17.1 Å². The van der Waals surface area contributed by atoms with E-state index in [0.29, 0.717) is 12.8 Å². The molecule has 0 aromatic rings. The van der Waals surface area contributed by atoms with Gasteiger partial charge in [-0.25, -0.2) is 13.6 Å². The van der Waals surface area contributed by atoms with E-state index in [9.17, 15) is 18.0 Å². The average Bonchev–Trinajstić information content (AvgIpc) is 2.39. The molecule has 0 aliphatic carbocycles. The molecule has 0 spiro atoms. The molecule has 1 heterocycles. The van der Waals surface area contributed by atoms with Crippen LogP contribution >= 0.6 is 0 Å². The number of nitrogens with zero attached hydrogens (tertiary/aromatic N) is 1. The number of allylic oxidation sites excluding steroid dienone is 1. The minimum Gasteiger partial charge on any atom is -0.497 e. The highest BCUT2D eigenvalue weighted by molar-refractivity contribution is 7.92. The smallest absolute Gasteiger partial charge is 0.497 e. The van der Waals surface area contributed by atoms with Crippen LogP contribution in [-0.4, -0.2) is 57.2 Å². The van der Waals surface area contributed by atoms with Crippen molar-refractivity contribution in [3.63, 3.8) is 0 Å². The maximum Gasteiger partial charge on any atom is 0.626 e. The molecule has 0 bridgehead atoms. The van der Waals surface area contributed by atoms with Crippen LogP contribution in [0.4, 0.5) is 0 Å². The molecule has 130 valence electrons. The zero-order valence-corrected chi connectivity index (χ0v) is 14.5. The SMILES string of the molecule is CC=CC(CCCC)(B1OC(=O)CN(C)CC(=O)O1)S(N)(=O)=O. The monoisotopic (exact) mass is 346 g/mol. The summed E-state index contributed by atoms with van der Waals surface area (Å²) in [5, 5.41) is 5.41. The van der Waals surface area contributed by atoms with Gasteiger partial charge in [0.15, 0.2) is 4.65 Å². The van der Waals surface area contributed by atoms with Crippen LogP contribution in [0.15, 0.2) is 12.2 Å². The van der Waals surface area contributed by atoms with Gasteiger partial charge in [0.05, 0.1) is 13.1 Å².